The van der Waals surface area contributed by atoms with Crippen molar-refractivity contribution in [3.05, 3.63) is 94.3 Å². The van der Waals surface area contributed by atoms with E-state index < -0.39 is 0 Å². The predicted molar refractivity (Wildman–Crippen MR) is 203 cm³/mol. The first-order valence-corrected chi connectivity index (χ1v) is 17.9. The molecule has 0 radical (unpaired) electrons. The van der Waals surface area contributed by atoms with E-state index in [2.05, 4.69) is 18.8 Å². The Bertz CT molecular complexity index is 1600. The lowest BCUT2D eigenvalue weighted by Gasteiger charge is -1.79. The van der Waals surface area contributed by atoms with Gasteiger partial charge in [0.25, 0.3) is 0 Å². The first-order valence-electron chi connectivity index (χ1n) is 14.2. The molecule has 0 atom stereocenters. The van der Waals surface area contributed by atoms with Crippen molar-refractivity contribution in [1.82, 2.24) is 9.97 Å². The number of aromatic amines is 2. The standard InChI is InChI=1S/2C4H5NO2.2C4H4O3.4C4H4O2S/c2*6-3-1-5-2-4(3)7;4*5-3-1-7-2-4(3)6;2*5-3-1-2-7-4(3)6/h2*1-2,5-7H;6*1-2,5-6H. The molecule has 0 spiro atoms. The van der Waals surface area contributed by atoms with Gasteiger partial charge in [-0.25, -0.2) is 0 Å². The molecule has 0 aliphatic heterocycles. The van der Waals surface area contributed by atoms with Crippen molar-refractivity contribution < 1.29 is 90.5 Å². The first-order chi connectivity index (χ1) is 26.4. The molecule has 0 fully saturated rings. The molecule has 0 saturated carbocycles. The van der Waals surface area contributed by atoms with Gasteiger partial charge in [-0.3, -0.25) is 0 Å². The zero-order chi connectivity index (χ0) is 42.2. The number of rotatable bonds is 0. The number of aromatic hydroxyl groups is 16. The molecule has 8 heterocycles. The quantitative estimate of drug-likeness (QED) is 0.0739. The molecule has 20 nitrogen and oxygen atoms in total. The lowest BCUT2D eigenvalue weighted by molar-refractivity contribution is 0.407. The van der Waals surface area contributed by atoms with Gasteiger partial charge in [-0.05, 0) is 22.9 Å². The third-order valence-corrected chi connectivity index (χ3v) is 7.99. The summed E-state index contributed by atoms with van der Waals surface area (Å²) in [5, 5.41) is 145. The highest BCUT2D eigenvalue weighted by molar-refractivity contribution is 7.12. The monoisotopic (exact) mass is 862 g/mol. The van der Waals surface area contributed by atoms with Crippen LogP contribution >= 0.6 is 45.3 Å². The van der Waals surface area contributed by atoms with Crippen LogP contribution in [0.3, 0.4) is 0 Å². The molecule has 8 aromatic rings. The van der Waals surface area contributed by atoms with Crippen LogP contribution in [-0.2, 0) is 0 Å². The van der Waals surface area contributed by atoms with Gasteiger partial charge in [0.05, 0.1) is 0 Å². The van der Waals surface area contributed by atoms with E-state index in [1.165, 1.54) is 81.1 Å². The molecule has 8 aromatic heterocycles. The fourth-order valence-corrected chi connectivity index (χ4v) is 4.58. The van der Waals surface area contributed by atoms with Gasteiger partial charge in [-0.2, -0.15) is 0 Å². The number of furan rings is 2. The highest BCUT2D eigenvalue weighted by atomic mass is 32.1. The van der Waals surface area contributed by atoms with Gasteiger partial charge < -0.3 is 101 Å². The summed E-state index contributed by atoms with van der Waals surface area (Å²) in [5.74, 6) is -1.56. The molecule has 0 aliphatic carbocycles. The number of thiophene rings is 4. The largest absolute Gasteiger partial charge is 0.504 e. The van der Waals surface area contributed by atoms with E-state index in [9.17, 15) is 0 Å². The van der Waals surface area contributed by atoms with E-state index in [4.69, 9.17) is 81.7 Å². The number of aromatic nitrogens is 2. The number of hydrogen-bond donors (Lipinski definition) is 18. The summed E-state index contributed by atoms with van der Waals surface area (Å²) in [6.07, 6.45) is 9.41. The van der Waals surface area contributed by atoms with Crippen molar-refractivity contribution in [1.29, 1.82) is 0 Å². The Kier molecular flexibility index (Phi) is 20.8. The Labute approximate surface area is 329 Å². The molecule has 0 aliphatic rings. The average molecular weight is 863 g/mol. The zero-order valence-corrected chi connectivity index (χ0v) is 31.1. The maximum absolute atomic E-state index is 8.53. The molecule has 0 saturated heterocycles. The molecule has 8 rings (SSSR count). The zero-order valence-electron chi connectivity index (χ0n) is 27.8. The average Bonchev–Trinajstić information content (AvgIpc) is 4.07. The molecule has 0 amide bonds. The van der Waals surface area contributed by atoms with Gasteiger partial charge in [0.2, 0.25) is 10.1 Å². The van der Waals surface area contributed by atoms with Crippen molar-refractivity contribution in [2.24, 2.45) is 0 Å². The predicted octanol–water partition coefficient (Wildman–Crippen LogP) is 6.87. The summed E-state index contributed by atoms with van der Waals surface area (Å²) < 4.78 is 8.69. The fourth-order valence-electron chi connectivity index (χ4n) is 2.42. The van der Waals surface area contributed by atoms with Crippen LogP contribution in [-0.4, -0.2) is 91.7 Å². The van der Waals surface area contributed by atoms with Crippen LogP contribution in [0.1, 0.15) is 0 Å². The van der Waals surface area contributed by atoms with Gasteiger partial charge in [0.15, 0.2) is 80.5 Å². The summed E-state index contributed by atoms with van der Waals surface area (Å²) in [6, 6.07) is 2.89. The Morgan fingerprint density at radius 1 is 0.321 bits per heavy atom. The van der Waals surface area contributed by atoms with Crippen LogP contribution in [0.2, 0.25) is 0 Å². The summed E-state index contributed by atoms with van der Waals surface area (Å²) >= 11 is 4.75. The molecule has 0 bridgehead atoms. The topological polar surface area (TPSA) is 382 Å². The summed E-state index contributed by atoms with van der Waals surface area (Å²) in [5.41, 5.74) is 0. The van der Waals surface area contributed by atoms with E-state index in [-0.39, 0.29) is 90.6 Å². The van der Waals surface area contributed by atoms with Crippen molar-refractivity contribution in [2.75, 3.05) is 0 Å². The molecule has 304 valence electrons. The second-order valence-electron chi connectivity index (χ2n) is 9.24. The number of H-pyrrole nitrogens is 2. The van der Waals surface area contributed by atoms with Crippen molar-refractivity contribution in [3.8, 4) is 90.6 Å². The van der Waals surface area contributed by atoms with Gasteiger partial charge >= 0.3 is 0 Å². The minimum Gasteiger partial charge on any atom is -0.504 e. The van der Waals surface area contributed by atoms with E-state index in [0.717, 1.165) is 47.7 Å². The van der Waals surface area contributed by atoms with Crippen LogP contribution in [0.15, 0.2) is 103 Å². The highest BCUT2D eigenvalue weighted by Crippen LogP contribution is 2.31. The van der Waals surface area contributed by atoms with Gasteiger partial charge in [-0.15, -0.1) is 45.3 Å². The van der Waals surface area contributed by atoms with Crippen molar-refractivity contribution >= 4 is 45.3 Å². The normalized spacial score (nSPS) is 9.14. The minimum atomic E-state index is -0.222. The SMILES string of the molecule is Oc1c[nH]cc1O.Oc1c[nH]cc1O.Oc1ccsc1O.Oc1ccsc1O.Oc1cocc1O.Oc1cocc1O.Oc1cscc1O.Oc1cscc1O. The lowest BCUT2D eigenvalue weighted by Crippen LogP contribution is -1.50. The Balaban J connectivity index is 0.000000320. The van der Waals surface area contributed by atoms with E-state index in [0.29, 0.717) is 0 Å². The number of hydrogen-bond acceptors (Lipinski definition) is 22. The molecule has 0 unspecified atom stereocenters. The second-order valence-corrected chi connectivity index (χ2v) is 12.5. The Hall–Kier alpha value is -7.28. The van der Waals surface area contributed by atoms with Crippen LogP contribution in [0.25, 0.3) is 0 Å². The van der Waals surface area contributed by atoms with Crippen LogP contribution in [0, 0.1) is 0 Å². The number of nitrogens with one attached hydrogen (secondary N) is 2. The van der Waals surface area contributed by atoms with Gasteiger partial charge in [0.1, 0.15) is 25.1 Å². The van der Waals surface area contributed by atoms with Crippen molar-refractivity contribution in [3.63, 3.8) is 0 Å². The molecular formula is C32H34N2O18S4. The lowest BCUT2D eigenvalue weighted by atomic mass is 10.6. The Morgan fingerprint density at radius 2 is 0.571 bits per heavy atom. The summed E-state index contributed by atoms with van der Waals surface area (Å²) in [7, 11) is 0. The fraction of sp³-hybridized carbons (Fsp3) is 0. The van der Waals surface area contributed by atoms with Crippen LogP contribution < -0.4 is 0 Å². The second kappa shape index (κ2) is 24.9. The maximum Gasteiger partial charge on any atom is 0.214 e. The highest BCUT2D eigenvalue weighted by Gasteiger charge is 1.98. The van der Waals surface area contributed by atoms with Crippen LogP contribution in [0.4, 0.5) is 0 Å². The Morgan fingerprint density at radius 3 is 0.643 bits per heavy atom. The summed E-state index contributed by atoms with van der Waals surface area (Å²) in [6.45, 7) is 0. The van der Waals surface area contributed by atoms with E-state index in [1.54, 1.807) is 10.8 Å². The molecule has 18 N–H and O–H groups in total. The van der Waals surface area contributed by atoms with E-state index in [1.807, 2.05) is 0 Å². The van der Waals surface area contributed by atoms with Crippen molar-refractivity contribution in [2.45, 2.75) is 0 Å². The smallest absolute Gasteiger partial charge is 0.214 e. The summed E-state index contributed by atoms with van der Waals surface area (Å²) in [4.78, 5) is 5.00. The van der Waals surface area contributed by atoms with Gasteiger partial charge in [0, 0.05) is 46.3 Å². The molecule has 0 aromatic carbocycles. The maximum atomic E-state index is 8.53. The first kappa shape index (κ1) is 46.7. The third-order valence-electron chi connectivity index (χ3n) is 5.14. The molecule has 24 heteroatoms. The minimum absolute atomic E-state index is 0.0139. The molecule has 56 heavy (non-hydrogen) atoms. The van der Waals surface area contributed by atoms with Crippen LogP contribution in [0.5, 0.6) is 90.6 Å². The third kappa shape index (κ3) is 18.5. The van der Waals surface area contributed by atoms with Gasteiger partial charge in [-0.1, -0.05) is 0 Å². The molecular weight excluding hydrogens is 829 g/mol. The van der Waals surface area contributed by atoms with E-state index >= 15 is 0 Å².